The van der Waals surface area contributed by atoms with Crippen LogP contribution < -0.4 is 5.73 Å². The first-order valence-electron chi connectivity index (χ1n) is 5.83. The van der Waals surface area contributed by atoms with Gasteiger partial charge in [-0.1, -0.05) is 13.8 Å². The summed E-state index contributed by atoms with van der Waals surface area (Å²) in [5.41, 5.74) is 6.03. The van der Waals surface area contributed by atoms with E-state index in [9.17, 15) is 8.42 Å². The molecule has 0 aliphatic heterocycles. The predicted octanol–water partition coefficient (Wildman–Crippen LogP) is 1.72. The van der Waals surface area contributed by atoms with Crippen molar-refractivity contribution in [3.63, 3.8) is 0 Å². The largest absolute Gasteiger partial charge is 0.328 e. The van der Waals surface area contributed by atoms with Gasteiger partial charge >= 0.3 is 0 Å². The summed E-state index contributed by atoms with van der Waals surface area (Å²) in [6.45, 7) is 4.08. The molecule has 1 fully saturated rings. The molecule has 0 heterocycles. The van der Waals surface area contributed by atoms with E-state index in [0.29, 0.717) is 11.5 Å². The van der Waals surface area contributed by atoms with Crippen LogP contribution in [0.1, 0.15) is 46.0 Å². The monoisotopic (exact) mass is 233 g/mol. The molecule has 0 bridgehead atoms. The summed E-state index contributed by atoms with van der Waals surface area (Å²) in [5, 5.41) is 0. The molecule has 3 nitrogen and oxygen atoms in total. The molecule has 2 atom stereocenters. The Morgan fingerprint density at radius 3 is 2.53 bits per heavy atom. The number of hydrogen-bond donors (Lipinski definition) is 1. The van der Waals surface area contributed by atoms with Crippen LogP contribution in [0.4, 0.5) is 0 Å². The standard InChI is InChI=1S/C11H23NO2S/c1-3-7-15(13,14)8-6-11(2)5-4-10(12)9-11/h10H,3-9,12H2,1-2H3. The molecule has 4 heteroatoms. The molecule has 0 aromatic rings. The second-order valence-electron chi connectivity index (χ2n) is 5.22. The van der Waals surface area contributed by atoms with Gasteiger partial charge in [0.1, 0.15) is 9.84 Å². The van der Waals surface area contributed by atoms with Gasteiger partial charge in [0.25, 0.3) is 0 Å². The number of hydrogen-bond acceptors (Lipinski definition) is 3. The lowest BCUT2D eigenvalue weighted by Gasteiger charge is -2.23. The molecule has 15 heavy (non-hydrogen) atoms. The van der Waals surface area contributed by atoms with Crippen LogP contribution in [0.15, 0.2) is 0 Å². The minimum absolute atomic E-state index is 0.167. The average molecular weight is 233 g/mol. The van der Waals surface area contributed by atoms with E-state index in [-0.39, 0.29) is 11.5 Å². The van der Waals surface area contributed by atoms with Gasteiger partial charge < -0.3 is 5.73 Å². The van der Waals surface area contributed by atoms with Crippen molar-refractivity contribution in [1.82, 2.24) is 0 Å². The second-order valence-corrected chi connectivity index (χ2v) is 7.52. The van der Waals surface area contributed by atoms with E-state index in [2.05, 4.69) is 6.92 Å². The first-order chi connectivity index (χ1) is 6.87. The molecule has 1 rings (SSSR count). The highest BCUT2D eigenvalue weighted by molar-refractivity contribution is 7.91. The van der Waals surface area contributed by atoms with Crippen molar-refractivity contribution in [3.05, 3.63) is 0 Å². The highest BCUT2D eigenvalue weighted by atomic mass is 32.2. The first kappa shape index (κ1) is 13.0. The van der Waals surface area contributed by atoms with Crippen LogP contribution in [0.25, 0.3) is 0 Å². The molecule has 0 amide bonds. The van der Waals surface area contributed by atoms with Gasteiger partial charge in [-0.15, -0.1) is 0 Å². The maximum absolute atomic E-state index is 11.6. The van der Waals surface area contributed by atoms with E-state index in [4.69, 9.17) is 5.73 Å². The van der Waals surface area contributed by atoms with E-state index >= 15 is 0 Å². The molecular formula is C11H23NO2S. The number of nitrogens with two attached hydrogens (primary N) is 1. The number of rotatable bonds is 5. The minimum atomic E-state index is -2.82. The zero-order valence-electron chi connectivity index (χ0n) is 9.83. The fraction of sp³-hybridized carbons (Fsp3) is 1.00. The molecular weight excluding hydrogens is 210 g/mol. The fourth-order valence-electron chi connectivity index (χ4n) is 2.41. The Bertz CT molecular complexity index is 300. The predicted molar refractivity (Wildman–Crippen MR) is 63.5 cm³/mol. The van der Waals surface area contributed by atoms with E-state index in [0.717, 1.165) is 32.1 Å². The molecule has 1 aliphatic rings. The van der Waals surface area contributed by atoms with Gasteiger partial charge in [-0.2, -0.15) is 0 Å². The third-order valence-corrected chi connectivity index (χ3v) is 5.26. The molecule has 1 saturated carbocycles. The van der Waals surface area contributed by atoms with Crippen molar-refractivity contribution in [3.8, 4) is 0 Å². The quantitative estimate of drug-likeness (QED) is 0.786. The summed E-state index contributed by atoms with van der Waals surface area (Å²) < 4.78 is 23.2. The Morgan fingerprint density at radius 2 is 2.07 bits per heavy atom. The summed E-state index contributed by atoms with van der Waals surface area (Å²) in [4.78, 5) is 0. The van der Waals surface area contributed by atoms with Gasteiger partial charge in [-0.05, 0) is 37.5 Å². The Balaban J connectivity index is 2.43. The minimum Gasteiger partial charge on any atom is -0.328 e. The van der Waals surface area contributed by atoms with Gasteiger partial charge in [0, 0.05) is 11.8 Å². The van der Waals surface area contributed by atoms with Crippen LogP contribution in [-0.4, -0.2) is 26.0 Å². The van der Waals surface area contributed by atoms with Crippen molar-refractivity contribution < 1.29 is 8.42 Å². The summed E-state index contributed by atoms with van der Waals surface area (Å²) in [6.07, 6.45) is 4.61. The van der Waals surface area contributed by atoms with Crippen LogP contribution in [0, 0.1) is 5.41 Å². The Labute approximate surface area is 93.3 Å². The van der Waals surface area contributed by atoms with E-state index in [1.54, 1.807) is 0 Å². The molecule has 2 N–H and O–H groups in total. The van der Waals surface area contributed by atoms with Gasteiger partial charge in [0.05, 0.1) is 5.75 Å². The van der Waals surface area contributed by atoms with Crippen LogP contribution in [-0.2, 0) is 9.84 Å². The first-order valence-corrected chi connectivity index (χ1v) is 7.65. The molecule has 0 spiro atoms. The fourth-order valence-corrected chi connectivity index (χ4v) is 4.04. The highest BCUT2D eigenvalue weighted by Crippen LogP contribution is 2.40. The lowest BCUT2D eigenvalue weighted by Crippen LogP contribution is -2.22. The lowest BCUT2D eigenvalue weighted by molar-refractivity contribution is 0.319. The third-order valence-electron chi connectivity index (χ3n) is 3.41. The van der Waals surface area contributed by atoms with Gasteiger partial charge in [0.2, 0.25) is 0 Å². The molecule has 0 radical (unpaired) electrons. The maximum Gasteiger partial charge on any atom is 0.150 e. The van der Waals surface area contributed by atoms with Crippen molar-refractivity contribution in [1.29, 1.82) is 0 Å². The van der Waals surface area contributed by atoms with Gasteiger partial charge in [-0.3, -0.25) is 0 Å². The van der Waals surface area contributed by atoms with Crippen LogP contribution in [0.2, 0.25) is 0 Å². The van der Waals surface area contributed by atoms with Crippen molar-refractivity contribution in [2.45, 2.75) is 52.0 Å². The summed E-state index contributed by atoms with van der Waals surface area (Å²) in [5.74, 6) is 0.666. The molecule has 2 unspecified atom stereocenters. The van der Waals surface area contributed by atoms with E-state index < -0.39 is 9.84 Å². The summed E-state index contributed by atoms with van der Waals surface area (Å²) in [7, 11) is -2.82. The molecule has 90 valence electrons. The molecule has 0 saturated heterocycles. The smallest absolute Gasteiger partial charge is 0.150 e. The Morgan fingerprint density at radius 1 is 1.40 bits per heavy atom. The highest BCUT2D eigenvalue weighted by Gasteiger charge is 2.33. The van der Waals surface area contributed by atoms with Gasteiger partial charge in [0.15, 0.2) is 0 Å². The topological polar surface area (TPSA) is 60.2 Å². The van der Waals surface area contributed by atoms with Crippen molar-refractivity contribution in [2.24, 2.45) is 11.1 Å². The zero-order chi connectivity index (χ0) is 11.5. The molecule has 1 aliphatic carbocycles. The van der Waals surface area contributed by atoms with Crippen molar-refractivity contribution >= 4 is 9.84 Å². The summed E-state index contributed by atoms with van der Waals surface area (Å²) in [6, 6.07) is 0.281. The van der Waals surface area contributed by atoms with E-state index in [1.165, 1.54) is 0 Å². The lowest BCUT2D eigenvalue weighted by atomic mass is 9.86. The third kappa shape index (κ3) is 4.11. The Hall–Kier alpha value is -0.0900. The summed E-state index contributed by atoms with van der Waals surface area (Å²) >= 11 is 0. The van der Waals surface area contributed by atoms with Gasteiger partial charge in [-0.25, -0.2) is 8.42 Å². The average Bonchev–Trinajstić information content (AvgIpc) is 2.44. The molecule has 0 aromatic carbocycles. The zero-order valence-corrected chi connectivity index (χ0v) is 10.6. The van der Waals surface area contributed by atoms with Crippen molar-refractivity contribution in [2.75, 3.05) is 11.5 Å². The van der Waals surface area contributed by atoms with Crippen LogP contribution in [0.3, 0.4) is 0 Å². The van der Waals surface area contributed by atoms with Crippen LogP contribution in [0.5, 0.6) is 0 Å². The second kappa shape index (κ2) is 4.83. The van der Waals surface area contributed by atoms with Crippen LogP contribution >= 0.6 is 0 Å². The number of sulfone groups is 1. The van der Waals surface area contributed by atoms with E-state index in [1.807, 2.05) is 6.92 Å². The SMILES string of the molecule is CCCS(=O)(=O)CCC1(C)CCC(N)C1. The molecule has 0 aromatic heterocycles. The Kier molecular flexibility index (Phi) is 4.18. The normalized spacial score (nSPS) is 32.1. The maximum atomic E-state index is 11.6.